The Morgan fingerprint density at radius 2 is 1.51 bits per heavy atom. The number of carbonyl (C=O) groups is 3. The van der Waals surface area contributed by atoms with Crippen LogP contribution in [0.3, 0.4) is 0 Å². The second-order valence-corrected chi connectivity index (χ2v) is 13.0. The van der Waals surface area contributed by atoms with Gasteiger partial charge in [-0.2, -0.15) is 0 Å². The molecule has 3 aromatic rings. The second-order valence-electron chi connectivity index (χ2n) is 13.0. The van der Waals surface area contributed by atoms with Gasteiger partial charge in [-0.1, -0.05) is 60.7 Å². The number of aliphatic hydroxyl groups is 1. The van der Waals surface area contributed by atoms with Crippen molar-refractivity contribution < 1.29 is 33.7 Å². The molecule has 3 aromatic carbocycles. The standard InChI is InChI=1S/C36H40N2O7/c1-36(2,3)45-34(42)30-9-6-18-37(30)21-27-19-31(25-14-12-24(22-39)13-15-25)44-35(43-27)26-16-10-23(11-17-26)20-38-32(40)28-7-4-5-8-29(28)33(38)41/h4-5,7-8,10-17,27,30-31,35,39H,6,9,18-22H2,1-3H3/t27-,30-,31+,35+/m0/s1. The number of carbonyl (C=O) groups excluding carboxylic acids is 3. The monoisotopic (exact) mass is 612 g/mol. The van der Waals surface area contributed by atoms with Crippen molar-refractivity contribution >= 4 is 17.8 Å². The minimum Gasteiger partial charge on any atom is -0.459 e. The van der Waals surface area contributed by atoms with Gasteiger partial charge in [0, 0.05) is 18.5 Å². The summed E-state index contributed by atoms with van der Waals surface area (Å²) in [6.45, 7) is 7.14. The number of nitrogens with zero attached hydrogens (tertiary/aromatic N) is 2. The summed E-state index contributed by atoms with van der Waals surface area (Å²) < 4.78 is 18.8. The molecule has 2 saturated heterocycles. The molecule has 0 radical (unpaired) electrons. The molecule has 9 nitrogen and oxygen atoms in total. The zero-order chi connectivity index (χ0) is 31.7. The summed E-state index contributed by atoms with van der Waals surface area (Å²) in [6, 6.07) is 21.9. The van der Waals surface area contributed by atoms with Crippen molar-refractivity contribution in [2.45, 2.75) is 83.3 Å². The van der Waals surface area contributed by atoms with Crippen LogP contribution in [0.25, 0.3) is 0 Å². The van der Waals surface area contributed by atoms with E-state index in [-0.39, 0.29) is 49.2 Å². The number of fused-ring (bicyclic) bond motifs is 1. The Bertz CT molecular complexity index is 1510. The number of amides is 2. The van der Waals surface area contributed by atoms with Gasteiger partial charge in [0.2, 0.25) is 0 Å². The van der Waals surface area contributed by atoms with Crippen molar-refractivity contribution in [1.82, 2.24) is 9.80 Å². The predicted molar refractivity (Wildman–Crippen MR) is 166 cm³/mol. The van der Waals surface area contributed by atoms with Crippen molar-refractivity contribution in [1.29, 1.82) is 0 Å². The van der Waals surface area contributed by atoms with Crippen molar-refractivity contribution in [3.63, 3.8) is 0 Å². The first-order chi connectivity index (χ1) is 21.6. The van der Waals surface area contributed by atoms with Crippen LogP contribution >= 0.6 is 0 Å². The number of rotatable bonds is 8. The molecule has 4 atom stereocenters. The Morgan fingerprint density at radius 3 is 2.13 bits per heavy atom. The quantitative estimate of drug-likeness (QED) is 0.269. The lowest BCUT2D eigenvalue weighted by atomic mass is 9.99. The Hall–Kier alpha value is -3.89. The molecule has 236 valence electrons. The van der Waals surface area contributed by atoms with Crippen LogP contribution in [0.15, 0.2) is 72.8 Å². The number of aliphatic hydroxyl groups excluding tert-OH is 1. The van der Waals surface area contributed by atoms with Gasteiger partial charge < -0.3 is 19.3 Å². The fraction of sp³-hybridized carbons (Fsp3) is 0.417. The maximum Gasteiger partial charge on any atom is 0.323 e. The van der Waals surface area contributed by atoms with E-state index in [1.165, 1.54) is 4.90 Å². The lowest BCUT2D eigenvalue weighted by Gasteiger charge is -2.38. The number of hydrogen-bond donors (Lipinski definition) is 1. The SMILES string of the molecule is CC(C)(C)OC(=O)[C@@H]1CCCN1C[C@@H]1C[C@H](c2ccc(CO)cc2)O[C@H](c2ccc(CN3C(=O)c4ccccc4C3=O)cc2)O1. The van der Waals surface area contributed by atoms with Crippen LogP contribution < -0.4 is 0 Å². The number of likely N-dealkylation sites (tertiary alicyclic amines) is 1. The van der Waals surface area contributed by atoms with E-state index < -0.39 is 11.9 Å². The average molecular weight is 613 g/mol. The highest BCUT2D eigenvalue weighted by molar-refractivity contribution is 6.21. The van der Waals surface area contributed by atoms with E-state index in [0.29, 0.717) is 24.1 Å². The van der Waals surface area contributed by atoms with Crippen LogP contribution in [-0.4, -0.2) is 63.5 Å². The summed E-state index contributed by atoms with van der Waals surface area (Å²) >= 11 is 0. The first-order valence-corrected chi connectivity index (χ1v) is 15.6. The Labute approximate surface area is 263 Å². The van der Waals surface area contributed by atoms with Gasteiger partial charge in [0.25, 0.3) is 11.8 Å². The molecule has 3 aliphatic heterocycles. The summed E-state index contributed by atoms with van der Waals surface area (Å²) in [6.07, 6.45) is 1.13. The first kappa shape index (κ1) is 31.1. The molecule has 3 aliphatic rings. The zero-order valence-electron chi connectivity index (χ0n) is 26.0. The highest BCUT2D eigenvalue weighted by Crippen LogP contribution is 2.39. The number of esters is 1. The Kier molecular flexibility index (Phi) is 8.88. The Balaban J connectivity index is 1.19. The van der Waals surface area contributed by atoms with E-state index in [4.69, 9.17) is 14.2 Å². The minimum absolute atomic E-state index is 0.0335. The summed E-state index contributed by atoms with van der Waals surface area (Å²) in [5, 5.41) is 9.52. The molecule has 1 N–H and O–H groups in total. The summed E-state index contributed by atoms with van der Waals surface area (Å²) in [4.78, 5) is 42.2. The molecule has 2 amide bonds. The molecular weight excluding hydrogens is 572 g/mol. The number of benzene rings is 3. The van der Waals surface area contributed by atoms with Crippen LogP contribution in [0, 0.1) is 0 Å². The van der Waals surface area contributed by atoms with Gasteiger partial charge in [-0.3, -0.25) is 24.2 Å². The normalized spacial score (nSPS) is 23.8. The van der Waals surface area contributed by atoms with Crippen molar-refractivity contribution in [2.75, 3.05) is 13.1 Å². The number of hydrogen-bond acceptors (Lipinski definition) is 8. The minimum atomic E-state index is -0.665. The topological polar surface area (TPSA) is 106 Å². The molecule has 0 saturated carbocycles. The largest absolute Gasteiger partial charge is 0.459 e. The van der Waals surface area contributed by atoms with Gasteiger partial charge in [-0.05, 0) is 69.0 Å². The maximum atomic E-state index is 13.0. The van der Waals surface area contributed by atoms with E-state index in [9.17, 15) is 19.5 Å². The van der Waals surface area contributed by atoms with E-state index in [2.05, 4.69) is 4.90 Å². The van der Waals surface area contributed by atoms with Gasteiger partial charge in [-0.15, -0.1) is 0 Å². The molecule has 9 heteroatoms. The zero-order valence-corrected chi connectivity index (χ0v) is 26.0. The molecule has 0 bridgehead atoms. The molecule has 6 rings (SSSR count). The molecular formula is C36H40N2O7. The average Bonchev–Trinajstić information content (AvgIpc) is 3.59. The number of imide groups is 1. The molecule has 45 heavy (non-hydrogen) atoms. The number of ether oxygens (including phenoxy) is 3. The van der Waals surface area contributed by atoms with Crippen LogP contribution in [-0.2, 0) is 32.2 Å². The smallest absolute Gasteiger partial charge is 0.323 e. The maximum absolute atomic E-state index is 13.0. The highest BCUT2D eigenvalue weighted by Gasteiger charge is 2.39. The second kappa shape index (κ2) is 12.8. The summed E-state index contributed by atoms with van der Waals surface area (Å²) in [5.74, 6) is -0.778. The van der Waals surface area contributed by atoms with Gasteiger partial charge >= 0.3 is 5.97 Å². The lowest BCUT2D eigenvalue weighted by Crippen LogP contribution is -2.45. The van der Waals surface area contributed by atoms with Crippen molar-refractivity contribution in [3.8, 4) is 0 Å². The van der Waals surface area contributed by atoms with Crippen molar-refractivity contribution in [3.05, 3.63) is 106 Å². The third-order valence-electron chi connectivity index (χ3n) is 8.57. The van der Waals surface area contributed by atoms with Crippen molar-refractivity contribution in [2.24, 2.45) is 0 Å². The lowest BCUT2D eigenvalue weighted by molar-refractivity contribution is -0.253. The van der Waals surface area contributed by atoms with Gasteiger partial charge in [0.05, 0.1) is 36.5 Å². The van der Waals surface area contributed by atoms with Gasteiger partial charge in [-0.25, -0.2) is 0 Å². The molecule has 0 aliphatic carbocycles. The molecule has 0 spiro atoms. The first-order valence-electron chi connectivity index (χ1n) is 15.6. The van der Waals surface area contributed by atoms with E-state index in [1.54, 1.807) is 24.3 Å². The molecule has 2 fully saturated rings. The fourth-order valence-corrected chi connectivity index (χ4v) is 6.32. The van der Waals surface area contributed by atoms with Gasteiger partial charge in [0.15, 0.2) is 6.29 Å². The fourth-order valence-electron chi connectivity index (χ4n) is 6.32. The van der Waals surface area contributed by atoms with Gasteiger partial charge in [0.1, 0.15) is 11.6 Å². The Morgan fingerprint density at radius 1 is 0.889 bits per heavy atom. The van der Waals surface area contributed by atoms with Crippen LogP contribution in [0.5, 0.6) is 0 Å². The molecule has 3 heterocycles. The molecule has 0 unspecified atom stereocenters. The van der Waals surface area contributed by atoms with E-state index in [0.717, 1.165) is 41.6 Å². The molecule has 0 aromatic heterocycles. The van der Waals surface area contributed by atoms with Crippen LogP contribution in [0.2, 0.25) is 0 Å². The van der Waals surface area contributed by atoms with Crippen LogP contribution in [0.1, 0.15) is 95.4 Å². The highest BCUT2D eigenvalue weighted by atomic mass is 16.7. The summed E-state index contributed by atoms with van der Waals surface area (Å²) in [5.41, 5.74) is 3.74. The van der Waals surface area contributed by atoms with E-state index in [1.807, 2.05) is 69.3 Å². The summed E-state index contributed by atoms with van der Waals surface area (Å²) in [7, 11) is 0. The van der Waals surface area contributed by atoms with Crippen LogP contribution in [0.4, 0.5) is 0 Å². The third kappa shape index (κ3) is 6.87. The third-order valence-corrected chi connectivity index (χ3v) is 8.57. The predicted octanol–water partition coefficient (Wildman–Crippen LogP) is 5.33. The van der Waals surface area contributed by atoms with E-state index >= 15 is 0 Å².